The molecule has 1 atom stereocenters. The third kappa shape index (κ3) is 11.7. The molecule has 1 heterocycles. The van der Waals surface area contributed by atoms with Crippen molar-refractivity contribution in [1.82, 2.24) is 14.7 Å². The molecule has 3 aromatic carbocycles. The van der Waals surface area contributed by atoms with E-state index in [-0.39, 0.29) is 24.6 Å². The predicted molar refractivity (Wildman–Crippen MR) is 219 cm³/mol. The number of aryl methyl sites for hydroxylation is 1. The van der Waals surface area contributed by atoms with Crippen molar-refractivity contribution >= 4 is 52.8 Å². The largest absolute Gasteiger partial charge is 0.492 e. The van der Waals surface area contributed by atoms with Gasteiger partial charge in [0, 0.05) is 22.8 Å². The number of hydrogen-bond acceptors (Lipinski definition) is 10. The van der Waals surface area contributed by atoms with E-state index in [0.717, 1.165) is 23.5 Å². The van der Waals surface area contributed by atoms with Gasteiger partial charge in [-0.25, -0.2) is 18.0 Å². The summed E-state index contributed by atoms with van der Waals surface area (Å²) in [7, 11) is -6.23. The summed E-state index contributed by atoms with van der Waals surface area (Å²) < 4.78 is 55.2. The summed E-state index contributed by atoms with van der Waals surface area (Å²) in [6.45, 7) is 19.3. The van der Waals surface area contributed by atoms with Crippen LogP contribution in [-0.4, -0.2) is 74.5 Å². The minimum atomic E-state index is -3.95. The van der Waals surface area contributed by atoms with Crippen LogP contribution in [0.2, 0.25) is 18.1 Å². The van der Waals surface area contributed by atoms with Crippen LogP contribution in [0.5, 0.6) is 5.75 Å². The number of nitrogen functional groups attached to an aromatic ring is 1. The third-order valence-electron chi connectivity index (χ3n) is 9.08. The van der Waals surface area contributed by atoms with Crippen LogP contribution in [0.4, 0.5) is 21.0 Å². The minimum Gasteiger partial charge on any atom is -0.492 e. The number of nitrogens with zero attached hydrogens (tertiary/aromatic N) is 3. The molecule has 0 spiro atoms. The normalized spacial score (nSPS) is 13.0. The fourth-order valence-corrected chi connectivity index (χ4v) is 9.97. The second kappa shape index (κ2) is 17.5. The number of carbonyl (C=O) groups excluding carboxylic acids is 2. The lowest BCUT2D eigenvalue weighted by molar-refractivity contribution is 0.0131. The van der Waals surface area contributed by atoms with Crippen molar-refractivity contribution in [2.45, 2.75) is 110 Å². The quantitative estimate of drug-likeness (QED) is 0.0877. The van der Waals surface area contributed by atoms with Crippen molar-refractivity contribution in [3.8, 4) is 5.75 Å². The fourth-order valence-electron chi connectivity index (χ4n) is 6.05. The summed E-state index contributed by atoms with van der Waals surface area (Å²) in [4.78, 5) is 28.4. The van der Waals surface area contributed by atoms with E-state index in [9.17, 15) is 18.0 Å². The molecule has 0 aliphatic rings. The van der Waals surface area contributed by atoms with Gasteiger partial charge in [-0.2, -0.15) is 9.78 Å². The molecule has 0 bridgehead atoms. The van der Waals surface area contributed by atoms with Crippen LogP contribution in [0.15, 0.2) is 71.6 Å². The monoisotopic (exact) mass is 795 g/mol. The van der Waals surface area contributed by atoms with Crippen molar-refractivity contribution < 1.29 is 36.6 Å². The molecule has 1 aromatic heterocycles. The van der Waals surface area contributed by atoms with Gasteiger partial charge in [0.25, 0.3) is 10.0 Å². The number of hydrogen-bond donors (Lipinski definition) is 2. The van der Waals surface area contributed by atoms with Crippen LogP contribution < -0.4 is 15.2 Å². The molecule has 4 aromatic rings. The molecule has 55 heavy (non-hydrogen) atoms. The van der Waals surface area contributed by atoms with Gasteiger partial charge in [-0.3, -0.25) is 4.72 Å². The molecule has 0 aliphatic heterocycles. The molecule has 3 N–H and O–H groups in total. The molecule has 300 valence electrons. The molecule has 0 fully saturated rings. The number of nitrogens with two attached hydrogens (primary N) is 1. The van der Waals surface area contributed by atoms with E-state index in [2.05, 4.69) is 30.6 Å². The molecule has 0 saturated heterocycles. The fraction of sp³-hybridized carbons (Fsp3) is 0.475. The van der Waals surface area contributed by atoms with Crippen LogP contribution in [0, 0.1) is 6.92 Å². The summed E-state index contributed by atoms with van der Waals surface area (Å²) in [5, 5.41) is 5.18. The molecular formula is C40H57N5O8SSi. The first-order chi connectivity index (χ1) is 25.7. The van der Waals surface area contributed by atoms with Crippen molar-refractivity contribution in [2.75, 3.05) is 30.2 Å². The average Bonchev–Trinajstić information content (AvgIpc) is 3.43. The first-order valence-electron chi connectivity index (χ1n) is 18.7. The number of anilines is 2. The predicted octanol–water partition coefficient (Wildman–Crippen LogP) is 8.89. The molecule has 0 saturated carbocycles. The maximum absolute atomic E-state index is 13.8. The zero-order valence-corrected chi connectivity index (χ0v) is 35.6. The van der Waals surface area contributed by atoms with Crippen molar-refractivity contribution in [2.24, 2.45) is 0 Å². The third-order valence-corrected chi connectivity index (χ3v) is 15.1. The van der Waals surface area contributed by atoms with Gasteiger partial charge < -0.3 is 29.3 Å². The number of carbonyl (C=O) groups is 2. The van der Waals surface area contributed by atoms with Crippen molar-refractivity contribution in [3.05, 3.63) is 78.0 Å². The lowest BCUT2D eigenvalue weighted by Crippen LogP contribution is -2.45. The SMILES string of the molecule is CC[Si](CC)(CC)O[C@@H](CN(CCOc1ccc2c(C)nn(C(=O)OC(C)(C)C)c2c1)C(=O)OC(C)(C)C)c1cccc(NS(=O)(=O)c2cccc(N)c2)c1. The van der Waals surface area contributed by atoms with Crippen LogP contribution in [0.1, 0.15) is 79.7 Å². The molecule has 0 aliphatic carbocycles. The number of rotatable bonds is 15. The Labute approximate surface area is 326 Å². The van der Waals surface area contributed by atoms with Gasteiger partial charge in [-0.1, -0.05) is 39.0 Å². The first kappa shape index (κ1) is 43.1. The maximum atomic E-state index is 13.8. The lowest BCUT2D eigenvalue weighted by Gasteiger charge is -2.36. The van der Waals surface area contributed by atoms with Gasteiger partial charge in [0.15, 0.2) is 8.32 Å². The molecule has 0 unspecified atom stereocenters. The Bertz CT molecular complexity index is 2060. The maximum Gasteiger partial charge on any atom is 0.435 e. The van der Waals surface area contributed by atoms with Crippen molar-refractivity contribution in [3.63, 3.8) is 0 Å². The lowest BCUT2D eigenvalue weighted by atomic mass is 10.1. The molecular weight excluding hydrogens is 739 g/mol. The topological polar surface area (TPSA) is 164 Å². The van der Waals surface area contributed by atoms with E-state index < -0.39 is 47.8 Å². The van der Waals surface area contributed by atoms with Crippen LogP contribution in [0.25, 0.3) is 10.9 Å². The average molecular weight is 796 g/mol. The van der Waals surface area contributed by atoms with Gasteiger partial charge in [-0.15, -0.1) is 0 Å². The molecule has 13 nitrogen and oxygen atoms in total. The minimum absolute atomic E-state index is 0.0414. The van der Waals surface area contributed by atoms with Gasteiger partial charge >= 0.3 is 12.2 Å². The Morgan fingerprint density at radius 3 is 2.18 bits per heavy atom. The highest BCUT2D eigenvalue weighted by Crippen LogP contribution is 2.33. The number of benzene rings is 3. The highest BCUT2D eigenvalue weighted by molar-refractivity contribution is 7.92. The van der Waals surface area contributed by atoms with Crippen molar-refractivity contribution in [1.29, 1.82) is 0 Å². The summed E-state index contributed by atoms with van der Waals surface area (Å²) in [5.74, 6) is 0.476. The molecule has 0 radical (unpaired) electrons. The van der Waals surface area contributed by atoms with E-state index in [1.807, 2.05) is 19.1 Å². The summed E-state index contributed by atoms with van der Waals surface area (Å²) in [6.07, 6.45) is -1.76. The Kier molecular flexibility index (Phi) is 13.7. The van der Waals surface area contributed by atoms with Crippen LogP contribution in [0.3, 0.4) is 0 Å². The van der Waals surface area contributed by atoms with Gasteiger partial charge in [0.1, 0.15) is 23.6 Å². The van der Waals surface area contributed by atoms with Gasteiger partial charge in [0.05, 0.1) is 35.3 Å². The summed E-state index contributed by atoms with van der Waals surface area (Å²) in [5.41, 5.74) is 6.97. The van der Waals surface area contributed by atoms with E-state index in [1.165, 1.54) is 16.8 Å². The van der Waals surface area contributed by atoms with E-state index in [0.29, 0.717) is 33.9 Å². The zero-order valence-electron chi connectivity index (χ0n) is 33.8. The van der Waals surface area contributed by atoms with Gasteiger partial charge in [-0.05, 0) is 115 Å². The number of amides is 1. The number of sulfonamides is 1. The molecule has 4 rings (SSSR count). The van der Waals surface area contributed by atoms with Crippen LogP contribution >= 0.6 is 0 Å². The zero-order chi connectivity index (χ0) is 40.8. The summed E-state index contributed by atoms with van der Waals surface area (Å²) >= 11 is 0. The number of fused-ring (bicyclic) bond motifs is 1. The Balaban J connectivity index is 1.64. The van der Waals surface area contributed by atoms with E-state index in [4.69, 9.17) is 24.4 Å². The Morgan fingerprint density at radius 1 is 0.909 bits per heavy atom. The molecule has 1 amide bonds. The number of ether oxygens (including phenoxy) is 3. The first-order valence-corrected chi connectivity index (χ1v) is 22.7. The highest BCUT2D eigenvalue weighted by atomic mass is 32.2. The highest BCUT2D eigenvalue weighted by Gasteiger charge is 2.35. The summed E-state index contributed by atoms with van der Waals surface area (Å²) in [6, 6.07) is 21.0. The second-order valence-corrected chi connectivity index (χ2v) is 22.0. The van der Waals surface area contributed by atoms with E-state index >= 15 is 0 Å². The number of nitrogens with one attached hydrogen (secondary N) is 1. The van der Waals surface area contributed by atoms with E-state index in [1.54, 1.807) is 88.9 Å². The Hall–Kier alpha value is -4.60. The molecule has 15 heteroatoms. The standard InChI is InChI=1S/C40H57N5O8SSi/c1-11-55(12-2,13-3)53-36(29-16-14-18-31(24-29)43-54(48,49)33-19-15-17-30(41)25-33)27-44(37(46)51-39(5,6)7)22-23-50-32-20-21-34-28(4)42-45(35(34)26-32)38(47)52-40(8,9)10/h14-21,24-26,36,43H,11-13,22-23,27,41H2,1-10H3/t36-/m0/s1. The smallest absolute Gasteiger partial charge is 0.435 e. The second-order valence-electron chi connectivity index (χ2n) is 15.6. The Morgan fingerprint density at radius 2 is 1.56 bits per heavy atom. The van der Waals surface area contributed by atoms with Crippen LogP contribution in [-0.2, 0) is 23.9 Å². The van der Waals surface area contributed by atoms with Gasteiger partial charge in [0.2, 0.25) is 0 Å². The number of aromatic nitrogens is 2.